The quantitative estimate of drug-likeness (QED) is 0.713. The highest BCUT2D eigenvalue weighted by atomic mass is 16.5. The van der Waals surface area contributed by atoms with Gasteiger partial charge in [-0.25, -0.2) is 0 Å². The zero-order chi connectivity index (χ0) is 21.6. The number of amides is 1. The number of nitrogens with one attached hydrogen (secondary N) is 2. The van der Waals surface area contributed by atoms with Crippen molar-refractivity contribution in [1.82, 2.24) is 15.2 Å². The summed E-state index contributed by atoms with van der Waals surface area (Å²) in [7, 11) is 5.56. The van der Waals surface area contributed by atoms with Gasteiger partial charge in [-0.2, -0.15) is 5.26 Å². The molecule has 2 rings (SSSR count). The molecular weight excluding hydrogens is 368 g/mol. The molecule has 0 radical (unpaired) electrons. The van der Waals surface area contributed by atoms with Crippen LogP contribution in [0, 0.1) is 25.2 Å². The van der Waals surface area contributed by atoms with E-state index in [0.717, 1.165) is 16.9 Å². The average molecular weight is 396 g/mol. The summed E-state index contributed by atoms with van der Waals surface area (Å²) in [6.07, 6.45) is 0.734. The number of carbonyl (C=O) groups excluding carboxylic acids is 1. The summed E-state index contributed by atoms with van der Waals surface area (Å²) in [5.74, 6) is 0.696. The van der Waals surface area contributed by atoms with Crippen LogP contribution in [0.25, 0.3) is 0 Å². The summed E-state index contributed by atoms with van der Waals surface area (Å²) in [6, 6.07) is 9.74. The van der Waals surface area contributed by atoms with E-state index in [2.05, 4.69) is 10.3 Å². The Hall–Kier alpha value is -3.11. The number of nitrogens with zero attached hydrogens (tertiary/aromatic N) is 2. The molecule has 0 bridgehead atoms. The van der Waals surface area contributed by atoms with Crippen LogP contribution in [-0.4, -0.2) is 43.5 Å². The van der Waals surface area contributed by atoms with Gasteiger partial charge in [0, 0.05) is 18.7 Å². The second-order valence-corrected chi connectivity index (χ2v) is 7.23. The van der Waals surface area contributed by atoms with E-state index in [1.807, 2.05) is 49.3 Å². The lowest BCUT2D eigenvalue weighted by Gasteiger charge is -2.25. The topological polar surface area (TPSA) is 98.2 Å². The molecular formula is C22H28N4O3. The molecule has 1 heterocycles. The van der Waals surface area contributed by atoms with Crippen molar-refractivity contribution in [2.45, 2.75) is 32.7 Å². The maximum Gasteiger partial charge on any atom is 0.266 e. The van der Waals surface area contributed by atoms with Crippen molar-refractivity contribution in [3.63, 3.8) is 0 Å². The molecule has 0 fully saturated rings. The minimum Gasteiger partial charge on any atom is -0.497 e. The molecule has 7 nitrogen and oxygen atoms in total. The Kier molecular flexibility index (Phi) is 7.57. The van der Waals surface area contributed by atoms with Gasteiger partial charge in [-0.1, -0.05) is 12.1 Å². The zero-order valence-electron chi connectivity index (χ0n) is 17.6. The van der Waals surface area contributed by atoms with Crippen molar-refractivity contribution in [3.8, 4) is 11.8 Å². The Morgan fingerprint density at radius 3 is 2.69 bits per heavy atom. The third-order valence-electron chi connectivity index (χ3n) is 5.12. The predicted octanol–water partition coefficient (Wildman–Crippen LogP) is 2.22. The van der Waals surface area contributed by atoms with Crippen LogP contribution in [-0.2, 0) is 11.2 Å². The molecule has 7 heteroatoms. The monoisotopic (exact) mass is 396 g/mol. The Morgan fingerprint density at radius 2 is 2.07 bits per heavy atom. The predicted molar refractivity (Wildman–Crippen MR) is 112 cm³/mol. The van der Waals surface area contributed by atoms with Gasteiger partial charge in [-0.05, 0) is 63.2 Å². The highest BCUT2D eigenvalue weighted by Gasteiger charge is 2.17. The first-order valence-corrected chi connectivity index (χ1v) is 9.48. The SMILES string of the molecule is COc1cccc([C@@H](CNC(=O)CCc2c(C)[nH]c(=O)c(C#N)c2C)N(C)C)c1. The maximum atomic E-state index is 12.5. The van der Waals surface area contributed by atoms with Gasteiger partial charge in [0.2, 0.25) is 5.91 Å². The zero-order valence-corrected chi connectivity index (χ0v) is 17.6. The second kappa shape index (κ2) is 9.89. The van der Waals surface area contributed by atoms with Crippen molar-refractivity contribution in [3.05, 3.63) is 62.6 Å². The van der Waals surface area contributed by atoms with E-state index in [4.69, 9.17) is 4.74 Å². The van der Waals surface area contributed by atoms with Crippen LogP contribution in [0.2, 0.25) is 0 Å². The van der Waals surface area contributed by atoms with E-state index in [9.17, 15) is 14.9 Å². The van der Waals surface area contributed by atoms with Crippen molar-refractivity contribution in [1.29, 1.82) is 5.26 Å². The Balaban J connectivity index is 2.04. The van der Waals surface area contributed by atoms with Gasteiger partial charge >= 0.3 is 0 Å². The Labute approximate surface area is 171 Å². The normalized spacial score (nSPS) is 11.8. The van der Waals surface area contributed by atoms with E-state index in [-0.39, 0.29) is 29.5 Å². The van der Waals surface area contributed by atoms with Gasteiger partial charge < -0.3 is 19.9 Å². The molecule has 2 N–H and O–H groups in total. The summed E-state index contributed by atoms with van der Waals surface area (Å²) >= 11 is 0. The number of hydrogen-bond acceptors (Lipinski definition) is 5. The highest BCUT2D eigenvalue weighted by Crippen LogP contribution is 2.22. The van der Waals surface area contributed by atoms with Crippen LogP contribution in [0.15, 0.2) is 29.1 Å². The molecule has 1 aromatic carbocycles. The van der Waals surface area contributed by atoms with Gasteiger partial charge in [0.15, 0.2) is 0 Å². The number of nitriles is 1. The van der Waals surface area contributed by atoms with Gasteiger partial charge in [-0.3, -0.25) is 9.59 Å². The van der Waals surface area contributed by atoms with Crippen LogP contribution in [0.4, 0.5) is 0 Å². The van der Waals surface area contributed by atoms with E-state index in [0.29, 0.717) is 24.2 Å². The van der Waals surface area contributed by atoms with E-state index < -0.39 is 0 Å². The van der Waals surface area contributed by atoms with E-state index in [1.54, 1.807) is 21.0 Å². The molecule has 0 spiro atoms. The molecule has 29 heavy (non-hydrogen) atoms. The van der Waals surface area contributed by atoms with Gasteiger partial charge in [-0.15, -0.1) is 0 Å². The molecule has 0 aliphatic rings. The first kappa shape index (κ1) is 22.2. The molecule has 0 unspecified atom stereocenters. The minimum atomic E-state index is -0.386. The lowest BCUT2D eigenvalue weighted by Crippen LogP contribution is -2.34. The average Bonchev–Trinajstić information content (AvgIpc) is 2.68. The fourth-order valence-corrected chi connectivity index (χ4v) is 3.41. The number of ether oxygens (including phenoxy) is 1. The minimum absolute atomic E-state index is 0.00999. The van der Waals surface area contributed by atoms with E-state index in [1.165, 1.54) is 0 Å². The van der Waals surface area contributed by atoms with Gasteiger partial charge in [0.1, 0.15) is 17.4 Å². The van der Waals surface area contributed by atoms with E-state index >= 15 is 0 Å². The number of aryl methyl sites for hydroxylation is 1. The summed E-state index contributed by atoms with van der Waals surface area (Å²) in [5.41, 5.74) is 2.96. The number of rotatable bonds is 8. The van der Waals surface area contributed by atoms with Crippen molar-refractivity contribution < 1.29 is 9.53 Å². The van der Waals surface area contributed by atoms with Gasteiger partial charge in [0.25, 0.3) is 5.56 Å². The van der Waals surface area contributed by atoms with Crippen LogP contribution in [0.5, 0.6) is 5.75 Å². The molecule has 0 saturated carbocycles. The van der Waals surface area contributed by atoms with Crippen LogP contribution < -0.4 is 15.6 Å². The molecule has 0 aliphatic heterocycles. The maximum absolute atomic E-state index is 12.5. The number of hydrogen-bond donors (Lipinski definition) is 2. The number of pyridine rings is 1. The number of benzene rings is 1. The fraction of sp³-hybridized carbons (Fsp3) is 0.409. The molecule has 1 amide bonds. The highest BCUT2D eigenvalue weighted by molar-refractivity contribution is 5.76. The smallest absolute Gasteiger partial charge is 0.266 e. The summed E-state index contributed by atoms with van der Waals surface area (Å²) in [5, 5.41) is 12.2. The van der Waals surface area contributed by atoms with Crippen LogP contribution in [0.1, 0.15) is 40.4 Å². The lowest BCUT2D eigenvalue weighted by molar-refractivity contribution is -0.121. The van der Waals surface area contributed by atoms with Crippen molar-refractivity contribution in [2.75, 3.05) is 27.7 Å². The second-order valence-electron chi connectivity index (χ2n) is 7.23. The molecule has 0 saturated heterocycles. The lowest BCUT2D eigenvalue weighted by atomic mass is 9.99. The summed E-state index contributed by atoms with van der Waals surface area (Å²) in [4.78, 5) is 29.0. The third kappa shape index (κ3) is 5.46. The summed E-state index contributed by atoms with van der Waals surface area (Å²) < 4.78 is 5.29. The third-order valence-corrected chi connectivity index (χ3v) is 5.12. The molecule has 0 aliphatic carbocycles. The number of H-pyrrole nitrogens is 1. The molecule has 1 aromatic heterocycles. The number of aromatic nitrogens is 1. The number of likely N-dealkylation sites (N-methyl/N-ethyl adjacent to an activating group) is 1. The standard InChI is InChI=1S/C22H28N4O3/c1-14-18(15(2)25-22(28)19(14)12-23)9-10-21(27)24-13-20(26(3)4)16-7-6-8-17(11-16)29-5/h6-8,11,20H,9-10,13H2,1-5H3,(H,24,27)(H,25,28)/t20-/m1/s1. The number of methoxy groups -OCH3 is 1. The fourth-order valence-electron chi connectivity index (χ4n) is 3.41. The Bertz CT molecular complexity index is 973. The van der Waals surface area contributed by atoms with Crippen molar-refractivity contribution in [2.24, 2.45) is 0 Å². The number of aromatic amines is 1. The van der Waals surface area contributed by atoms with Crippen LogP contribution in [0.3, 0.4) is 0 Å². The largest absolute Gasteiger partial charge is 0.497 e. The van der Waals surface area contributed by atoms with Crippen LogP contribution >= 0.6 is 0 Å². The molecule has 2 aromatic rings. The Morgan fingerprint density at radius 1 is 1.34 bits per heavy atom. The van der Waals surface area contributed by atoms with Crippen molar-refractivity contribution >= 4 is 5.91 Å². The molecule has 154 valence electrons. The number of carbonyl (C=O) groups is 1. The summed E-state index contributed by atoms with van der Waals surface area (Å²) in [6.45, 7) is 4.00. The molecule has 1 atom stereocenters. The first-order valence-electron chi connectivity index (χ1n) is 9.48. The van der Waals surface area contributed by atoms with Gasteiger partial charge in [0.05, 0.1) is 13.2 Å². The first-order chi connectivity index (χ1) is 13.8.